The minimum absolute atomic E-state index is 0.0407. The van der Waals surface area contributed by atoms with E-state index in [1.54, 1.807) is 32.0 Å². The van der Waals surface area contributed by atoms with Gasteiger partial charge in [-0.2, -0.15) is 0 Å². The zero-order valence-corrected chi connectivity index (χ0v) is 17.1. The minimum atomic E-state index is -0.492. The number of hydrogen-bond acceptors (Lipinski definition) is 5. The van der Waals surface area contributed by atoms with Crippen LogP contribution in [0.3, 0.4) is 0 Å². The summed E-state index contributed by atoms with van der Waals surface area (Å²) in [6, 6.07) is 15.9. The normalized spacial score (nSPS) is 12.0. The quantitative estimate of drug-likeness (QED) is 0.559. The number of carbonyl (C=O) groups excluding carboxylic acids is 2. The second kappa shape index (κ2) is 9.82. The van der Waals surface area contributed by atoms with Crippen LogP contribution >= 0.6 is 0 Å². The van der Waals surface area contributed by atoms with Gasteiger partial charge in [-0.05, 0) is 31.5 Å². The standard InChI is InChI=1S/C23H25N3O4/c1-15(2)30-22(28)14-19(16-8-4-3-5-9-16)25-21(27)13-12-20-24-18-11-7-6-10-17(18)23(29)26-20/h3-11,15,19H,12-14H2,1-2H3,(H,25,27)(H,24,26,29). The Labute approximate surface area is 174 Å². The monoisotopic (exact) mass is 407 g/mol. The topological polar surface area (TPSA) is 101 Å². The second-order valence-corrected chi connectivity index (χ2v) is 7.30. The number of amides is 1. The molecule has 1 unspecified atom stereocenters. The summed E-state index contributed by atoms with van der Waals surface area (Å²) in [6.45, 7) is 3.57. The van der Waals surface area contributed by atoms with Gasteiger partial charge in [-0.15, -0.1) is 0 Å². The van der Waals surface area contributed by atoms with E-state index < -0.39 is 6.04 Å². The molecule has 0 bridgehead atoms. The fraction of sp³-hybridized carbons (Fsp3) is 0.304. The molecule has 0 spiro atoms. The lowest BCUT2D eigenvalue weighted by molar-refractivity contribution is -0.148. The molecule has 0 fully saturated rings. The molecule has 0 aliphatic rings. The van der Waals surface area contributed by atoms with Crippen LogP contribution in [0.4, 0.5) is 0 Å². The molecule has 7 nitrogen and oxygen atoms in total. The molecule has 3 rings (SSSR count). The third-order valence-electron chi connectivity index (χ3n) is 4.53. The van der Waals surface area contributed by atoms with Crippen molar-refractivity contribution in [3.8, 4) is 0 Å². The van der Waals surface area contributed by atoms with E-state index in [4.69, 9.17) is 4.74 Å². The van der Waals surface area contributed by atoms with Gasteiger partial charge in [0.1, 0.15) is 5.82 Å². The van der Waals surface area contributed by atoms with Gasteiger partial charge in [0, 0.05) is 12.8 Å². The smallest absolute Gasteiger partial charge is 0.308 e. The number of hydrogen-bond donors (Lipinski definition) is 2. The number of esters is 1. The lowest BCUT2D eigenvalue weighted by Crippen LogP contribution is -2.31. The first kappa shape index (κ1) is 21.2. The number of aromatic nitrogens is 2. The molecular weight excluding hydrogens is 382 g/mol. The summed E-state index contributed by atoms with van der Waals surface area (Å²) < 4.78 is 5.23. The van der Waals surface area contributed by atoms with E-state index in [1.165, 1.54) is 0 Å². The van der Waals surface area contributed by atoms with Crippen LogP contribution in [0.2, 0.25) is 0 Å². The predicted octanol–water partition coefficient (Wildman–Crippen LogP) is 3.05. The Morgan fingerprint density at radius 1 is 1.07 bits per heavy atom. The lowest BCUT2D eigenvalue weighted by atomic mass is 10.0. The third-order valence-corrected chi connectivity index (χ3v) is 4.53. The fourth-order valence-electron chi connectivity index (χ4n) is 3.17. The molecular formula is C23H25N3O4. The number of rotatable bonds is 8. The second-order valence-electron chi connectivity index (χ2n) is 7.30. The van der Waals surface area contributed by atoms with Crippen LogP contribution in [-0.4, -0.2) is 27.9 Å². The molecule has 0 radical (unpaired) electrons. The average molecular weight is 407 g/mol. The number of benzene rings is 2. The van der Waals surface area contributed by atoms with E-state index in [2.05, 4.69) is 15.3 Å². The summed E-state index contributed by atoms with van der Waals surface area (Å²) in [5.74, 6) is -0.166. The molecule has 1 amide bonds. The highest BCUT2D eigenvalue weighted by Gasteiger charge is 2.20. The van der Waals surface area contributed by atoms with Crippen LogP contribution in [0.15, 0.2) is 59.4 Å². The predicted molar refractivity (Wildman–Crippen MR) is 114 cm³/mol. The number of nitrogens with one attached hydrogen (secondary N) is 2. The number of aromatic amines is 1. The molecule has 1 aromatic heterocycles. The molecule has 2 N–H and O–H groups in total. The van der Waals surface area contributed by atoms with Gasteiger partial charge < -0.3 is 15.0 Å². The molecule has 7 heteroatoms. The van der Waals surface area contributed by atoms with E-state index in [0.29, 0.717) is 16.7 Å². The van der Waals surface area contributed by atoms with Crippen LogP contribution in [0.1, 0.15) is 44.1 Å². The van der Waals surface area contributed by atoms with Gasteiger partial charge in [-0.1, -0.05) is 42.5 Å². The number of para-hydroxylation sites is 1. The number of carbonyl (C=O) groups is 2. The summed E-state index contributed by atoms with van der Waals surface area (Å²) in [4.78, 5) is 44.0. The Balaban J connectivity index is 1.67. The zero-order chi connectivity index (χ0) is 21.5. The van der Waals surface area contributed by atoms with E-state index in [9.17, 15) is 14.4 Å². The maximum Gasteiger partial charge on any atom is 0.308 e. The highest BCUT2D eigenvalue weighted by Crippen LogP contribution is 2.18. The van der Waals surface area contributed by atoms with Gasteiger partial charge in [-0.3, -0.25) is 14.4 Å². The van der Waals surface area contributed by atoms with E-state index in [-0.39, 0.29) is 42.8 Å². The van der Waals surface area contributed by atoms with E-state index >= 15 is 0 Å². The highest BCUT2D eigenvalue weighted by atomic mass is 16.5. The van der Waals surface area contributed by atoms with Gasteiger partial charge in [0.25, 0.3) is 5.56 Å². The van der Waals surface area contributed by atoms with Crippen molar-refractivity contribution in [2.45, 2.75) is 45.3 Å². The van der Waals surface area contributed by atoms with Crippen molar-refractivity contribution >= 4 is 22.8 Å². The van der Waals surface area contributed by atoms with Gasteiger partial charge in [0.05, 0.1) is 29.5 Å². The Morgan fingerprint density at radius 3 is 2.50 bits per heavy atom. The Kier molecular flexibility index (Phi) is 6.95. The third kappa shape index (κ3) is 5.76. The molecule has 30 heavy (non-hydrogen) atoms. The number of nitrogens with zero attached hydrogens (tertiary/aromatic N) is 1. The largest absolute Gasteiger partial charge is 0.463 e. The van der Waals surface area contributed by atoms with Crippen LogP contribution in [0.25, 0.3) is 10.9 Å². The molecule has 2 aromatic carbocycles. The summed E-state index contributed by atoms with van der Waals surface area (Å²) >= 11 is 0. The molecule has 3 aromatic rings. The Bertz CT molecular complexity index is 1080. The fourth-order valence-corrected chi connectivity index (χ4v) is 3.17. The molecule has 0 saturated heterocycles. The van der Waals surface area contributed by atoms with Crippen molar-refractivity contribution in [1.82, 2.24) is 15.3 Å². The van der Waals surface area contributed by atoms with Crippen molar-refractivity contribution in [3.63, 3.8) is 0 Å². The lowest BCUT2D eigenvalue weighted by Gasteiger charge is -2.19. The van der Waals surface area contributed by atoms with Crippen molar-refractivity contribution in [2.24, 2.45) is 0 Å². The molecule has 0 aliphatic carbocycles. The molecule has 0 aliphatic heterocycles. The van der Waals surface area contributed by atoms with Gasteiger partial charge in [0.15, 0.2) is 0 Å². The van der Waals surface area contributed by atoms with Crippen LogP contribution in [0, 0.1) is 0 Å². The Morgan fingerprint density at radius 2 is 1.77 bits per heavy atom. The molecule has 1 heterocycles. The maximum absolute atomic E-state index is 12.6. The first-order valence-corrected chi connectivity index (χ1v) is 9.94. The minimum Gasteiger partial charge on any atom is -0.463 e. The first-order chi connectivity index (χ1) is 14.4. The maximum atomic E-state index is 12.6. The van der Waals surface area contributed by atoms with E-state index in [1.807, 2.05) is 36.4 Å². The number of ether oxygens (including phenoxy) is 1. The summed E-state index contributed by atoms with van der Waals surface area (Å²) in [6.07, 6.45) is 0.229. The number of H-pyrrole nitrogens is 1. The van der Waals surface area contributed by atoms with Crippen LogP contribution in [0.5, 0.6) is 0 Å². The molecule has 0 saturated carbocycles. The average Bonchev–Trinajstić information content (AvgIpc) is 2.72. The van der Waals surface area contributed by atoms with E-state index in [0.717, 1.165) is 5.56 Å². The SMILES string of the molecule is CC(C)OC(=O)CC(NC(=O)CCc1nc2ccccc2c(=O)[nH]1)c1ccccc1. The summed E-state index contributed by atoms with van der Waals surface area (Å²) in [5.41, 5.74) is 1.19. The first-order valence-electron chi connectivity index (χ1n) is 9.94. The summed E-state index contributed by atoms with van der Waals surface area (Å²) in [7, 11) is 0. The number of aryl methyl sites for hydroxylation is 1. The highest BCUT2D eigenvalue weighted by molar-refractivity contribution is 5.79. The molecule has 1 atom stereocenters. The van der Waals surface area contributed by atoms with Crippen molar-refractivity contribution in [1.29, 1.82) is 0 Å². The van der Waals surface area contributed by atoms with Crippen LogP contribution < -0.4 is 10.9 Å². The zero-order valence-electron chi connectivity index (χ0n) is 17.1. The summed E-state index contributed by atoms with van der Waals surface area (Å²) in [5, 5.41) is 3.41. The van der Waals surface area contributed by atoms with Gasteiger partial charge in [0.2, 0.25) is 5.91 Å². The van der Waals surface area contributed by atoms with Gasteiger partial charge in [-0.25, -0.2) is 4.98 Å². The van der Waals surface area contributed by atoms with Crippen molar-refractivity contribution in [2.75, 3.05) is 0 Å². The van der Waals surface area contributed by atoms with Crippen LogP contribution in [-0.2, 0) is 20.7 Å². The van der Waals surface area contributed by atoms with Gasteiger partial charge >= 0.3 is 5.97 Å². The number of fused-ring (bicyclic) bond motifs is 1. The Hall–Kier alpha value is -3.48. The molecule has 156 valence electrons. The van der Waals surface area contributed by atoms with Crippen molar-refractivity contribution in [3.05, 3.63) is 76.3 Å². The van der Waals surface area contributed by atoms with Crippen molar-refractivity contribution < 1.29 is 14.3 Å².